The molecule has 0 aromatic heterocycles. The van der Waals surface area contributed by atoms with Crippen LogP contribution in [0.2, 0.25) is 5.02 Å². The number of hydrogen-bond acceptors (Lipinski definition) is 5. The van der Waals surface area contributed by atoms with Gasteiger partial charge in [0.1, 0.15) is 18.3 Å². The van der Waals surface area contributed by atoms with Crippen LogP contribution in [-0.4, -0.2) is 51.4 Å². The molecule has 0 spiro atoms. The Balaban J connectivity index is 2.00. The molecule has 3 rings (SSSR count). The number of methoxy groups -OCH3 is 1. The van der Waals surface area contributed by atoms with Gasteiger partial charge in [0.25, 0.3) is 10.0 Å². The summed E-state index contributed by atoms with van der Waals surface area (Å²) in [7, 11) is -2.57. The van der Waals surface area contributed by atoms with Crippen LogP contribution in [0.15, 0.2) is 77.7 Å². The molecular weight excluding hydrogens is 550 g/mol. The highest BCUT2D eigenvalue weighted by molar-refractivity contribution is 7.92. The molecule has 0 aliphatic rings. The normalized spacial score (nSPS) is 12.1. The summed E-state index contributed by atoms with van der Waals surface area (Å²) in [6.07, 6.45) is 0. The summed E-state index contributed by atoms with van der Waals surface area (Å²) in [6, 6.07) is 18.9. The maximum Gasteiger partial charge on any atom is 0.264 e. The number of carbonyl (C=O) groups is 2. The smallest absolute Gasteiger partial charge is 0.264 e. The summed E-state index contributed by atoms with van der Waals surface area (Å²) >= 11 is 6.06. The van der Waals surface area contributed by atoms with E-state index in [1.807, 2.05) is 20.8 Å². The predicted octanol–water partition coefficient (Wildman–Crippen LogP) is 5.04. The Labute approximate surface area is 241 Å². The molecule has 3 aromatic carbocycles. The van der Waals surface area contributed by atoms with E-state index in [1.165, 1.54) is 17.0 Å². The van der Waals surface area contributed by atoms with Crippen LogP contribution < -0.4 is 14.4 Å². The number of nitrogens with one attached hydrogen (secondary N) is 1. The number of ether oxygens (including phenoxy) is 1. The number of halogens is 1. The summed E-state index contributed by atoms with van der Waals surface area (Å²) in [5, 5.41) is 3.30. The van der Waals surface area contributed by atoms with Gasteiger partial charge >= 0.3 is 0 Å². The Morgan fingerprint density at radius 3 is 2.08 bits per heavy atom. The van der Waals surface area contributed by atoms with Gasteiger partial charge in [-0.2, -0.15) is 0 Å². The van der Waals surface area contributed by atoms with Crippen molar-refractivity contribution in [3.8, 4) is 5.75 Å². The second-order valence-corrected chi connectivity index (χ2v) is 12.3. The molecule has 214 valence electrons. The van der Waals surface area contributed by atoms with E-state index < -0.39 is 28.5 Å². The Morgan fingerprint density at radius 2 is 1.52 bits per heavy atom. The molecule has 0 fully saturated rings. The second-order valence-electron chi connectivity index (χ2n) is 9.99. The zero-order chi connectivity index (χ0) is 29.4. The number of nitrogens with zero attached hydrogens (tertiary/aromatic N) is 2. The Kier molecular flexibility index (Phi) is 10.6. The lowest BCUT2D eigenvalue weighted by Gasteiger charge is -2.32. The van der Waals surface area contributed by atoms with Gasteiger partial charge in [-0.3, -0.25) is 13.9 Å². The monoisotopic (exact) mass is 585 g/mol. The quantitative estimate of drug-likeness (QED) is 0.321. The van der Waals surface area contributed by atoms with Crippen molar-refractivity contribution in [2.24, 2.45) is 5.92 Å². The lowest BCUT2D eigenvalue weighted by Crippen LogP contribution is -2.51. The standard InChI is InChI=1S/C30H36ClN3O5S/c1-21(2)18-32-30(36)23(4)33(19-24-8-14-27(39-5)15-9-24)29(35)20-34(26-12-10-25(31)11-13-26)40(37,38)28-16-6-22(3)7-17-28/h6-17,21,23H,18-20H2,1-5H3,(H,32,36)/t23-/m1/s1. The van der Waals surface area contributed by atoms with Crippen molar-refractivity contribution >= 4 is 39.1 Å². The predicted molar refractivity (Wildman–Crippen MR) is 158 cm³/mol. The summed E-state index contributed by atoms with van der Waals surface area (Å²) in [4.78, 5) is 28.4. The van der Waals surface area contributed by atoms with E-state index in [-0.39, 0.29) is 29.0 Å². The van der Waals surface area contributed by atoms with E-state index in [1.54, 1.807) is 74.7 Å². The number of sulfonamides is 1. The van der Waals surface area contributed by atoms with Crippen molar-refractivity contribution in [1.82, 2.24) is 10.2 Å². The third-order valence-corrected chi connectivity index (χ3v) is 8.41. The number of benzene rings is 3. The van der Waals surface area contributed by atoms with Gasteiger partial charge in [-0.1, -0.05) is 55.3 Å². The van der Waals surface area contributed by atoms with Crippen molar-refractivity contribution in [3.05, 3.63) is 88.9 Å². The average Bonchev–Trinajstić information content (AvgIpc) is 2.93. The maximum atomic E-state index is 13.9. The number of anilines is 1. The van der Waals surface area contributed by atoms with Gasteiger partial charge in [0.05, 0.1) is 17.7 Å². The third-order valence-electron chi connectivity index (χ3n) is 6.37. The summed E-state index contributed by atoms with van der Waals surface area (Å²) in [5.74, 6) is 0.0213. The topological polar surface area (TPSA) is 96.0 Å². The van der Waals surface area contributed by atoms with Gasteiger partial charge in [0.2, 0.25) is 11.8 Å². The molecule has 0 heterocycles. The van der Waals surface area contributed by atoms with E-state index in [0.717, 1.165) is 15.4 Å². The van der Waals surface area contributed by atoms with Gasteiger partial charge in [-0.15, -0.1) is 0 Å². The highest BCUT2D eigenvalue weighted by Crippen LogP contribution is 2.26. The largest absolute Gasteiger partial charge is 0.497 e. The molecule has 0 unspecified atom stereocenters. The number of carbonyl (C=O) groups excluding carboxylic acids is 2. The van der Waals surface area contributed by atoms with Crippen LogP contribution in [0.5, 0.6) is 5.75 Å². The Bertz CT molecular complexity index is 1390. The minimum atomic E-state index is -4.14. The van der Waals surface area contributed by atoms with Crippen LogP contribution >= 0.6 is 11.6 Å². The van der Waals surface area contributed by atoms with Crippen molar-refractivity contribution < 1.29 is 22.7 Å². The molecular formula is C30H36ClN3O5S. The van der Waals surface area contributed by atoms with Crippen molar-refractivity contribution in [3.63, 3.8) is 0 Å². The highest BCUT2D eigenvalue weighted by Gasteiger charge is 2.32. The second kappa shape index (κ2) is 13.7. The average molecular weight is 586 g/mol. The van der Waals surface area contributed by atoms with E-state index in [2.05, 4.69) is 5.32 Å². The molecule has 8 nitrogen and oxygen atoms in total. The van der Waals surface area contributed by atoms with Crippen LogP contribution in [0.4, 0.5) is 5.69 Å². The van der Waals surface area contributed by atoms with Crippen LogP contribution in [0.3, 0.4) is 0 Å². The summed E-state index contributed by atoms with van der Waals surface area (Å²) in [6.45, 7) is 7.48. The Morgan fingerprint density at radius 1 is 0.925 bits per heavy atom. The third kappa shape index (κ3) is 7.99. The first-order valence-corrected chi connectivity index (χ1v) is 14.8. The summed E-state index contributed by atoms with van der Waals surface area (Å²) < 4.78 is 33.9. The van der Waals surface area contributed by atoms with Crippen LogP contribution in [0.1, 0.15) is 31.9 Å². The molecule has 40 heavy (non-hydrogen) atoms. The van der Waals surface area contributed by atoms with Crippen LogP contribution in [-0.2, 0) is 26.2 Å². The van der Waals surface area contributed by atoms with Crippen molar-refractivity contribution in [1.29, 1.82) is 0 Å². The lowest BCUT2D eigenvalue weighted by molar-refractivity contribution is -0.139. The zero-order valence-corrected chi connectivity index (χ0v) is 25.0. The molecule has 0 saturated heterocycles. The lowest BCUT2D eigenvalue weighted by atomic mass is 10.1. The highest BCUT2D eigenvalue weighted by atomic mass is 35.5. The minimum Gasteiger partial charge on any atom is -0.497 e. The van der Waals surface area contributed by atoms with E-state index in [9.17, 15) is 18.0 Å². The molecule has 2 amide bonds. The minimum absolute atomic E-state index is 0.0466. The summed E-state index contributed by atoms with van der Waals surface area (Å²) in [5.41, 5.74) is 1.94. The SMILES string of the molecule is COc1ccc(CN(C(=O)CN(c2ccc(Cl)cc2)S(=O)(=O)c2ccc(C)cc2)[C@H](C)C(=O)NCC(C)C)cc1. The molecule has 0 aliphatic heterocycles. The number of amides is 2. The van der Waals surface area contributed by atoms with Gasteiger partial charge in [-0.25, -0.2) is 8.42 Å². The van der Waals surface area contributed by atoms with Crippen molar-refractivity contribution in [2.45, 2.75) is 45.2 Å². The number of aryl methyl sites for hydroxylation is 1. The Hall–Kier alpha value is -3.56. The first kappa shape index (κ1) is 31.0. The molecule has 1 N–H and O–H groups in total. The van der Waals surface area contributed by atoms with E-state index in [4.69, 9.17) is 16.3 Å². The van der Waals surface area contributed by atoms with Gasteiger partial charge in [-0.05, 0) is 73.9 Å². The number of hydrogen-bond donors (Lipinski definition) is 1. The molecule has 0 saturated carbocycles. The molecule has 0 radical (unpaired) electrons. The van der Waals surface area contributed by atoms with E-state index in [0.29, 0.717) is 17.3 Å². The molecule has 0 aliphatic carbocycles. The fraction of sp³-hybridized carbons (Fsp3) is 0.333. The molecule has 0 bridgehead atoms. The van der Waals surface area contributed by atoms with E-state index >= 15 is 0 Å². The first-order valence-electron chi connectivity index (χ1n) is 13.0. The maximum absolute atomic E-state index is 13.9. The van der Waals surface area contributed by atoms with Crippen molar-refractivity contribution in [2.75, 3.05) is 24.5 Å². The molecule has 1 atom stereocenters. The van der Waals surface area contributed by atoms with Crippen LogP contribution in [0.25, 0.3) is 0 Å². The first-order chi connectivity index (χ1) is 18.9. The zero-order valence-electron chi connectivity index (χ0n) is 23.4. The molecule has 3 aromatic rings. The van der Waals surface area contributed by atoms with Gasteiger partial charge in [0, 0.05) is 18.1 Å². The fourth-order valence-electron chi connectivity index (χ4n) is 3.94. The molecule has 10 heteroatoms. The van der Waals surface area contributed by atoms with Gasteiger partial charge in [0.15, 0.2) is 0 Å². The fourth-order valence-corrected chi connectivity index (χ4v) is 5.48. The van der Waals surface area contributed by atoms with Crippen LogP contribution in [0, 0.1) is 12.8 Å². The number of rotatable bonds is 12. The van der Waals surface area contributed by atoms with Gasteiger partial charge < -0.3 is 15.0 Å².